The molecule has 30 heavy (non-hydrogen) atoms. The van der Waals surface area contributed by atoms with Crippen molar-refractivity contribution in [1.82, 2.24) is 0 Å². The molecule has 2 aliphatic rings. The molecular formula is C23H19ClN2O2S2. The van der Waals surface area contributed by atoms with Crippen molar-refractivity contribution in [3.8, 4) is 0 Å². The zero-order valence-electron chi connectivity index (χ0n) is 16.2. The van der Waals surface area contributed by atoms with Gasteiger partial charge in [0.1, 0.15) is 11.5 Å². The number of ketones is 1. The zero-order chi connectivity index (χ0) is 20.7. The minimum atomic E-state index is -0.135. The Morgan fingerprint density at radius 1 is 1.13 bits per heavy atom. The predicted octanol–water partition coefficient (Wildman–Crippen LogP) is 5.41. The summed E-state index contributed by atoms with van der Waals surface area (Å²) in [7, 11) is 0. The summed E-state index contributed by atoms with van der Waals surface area (Å²) in [5.74, 6) is -0.236. The van der Waals surface area contributed by atoms with Gasteiger partial charge < -0.3 is 0 Å². The molecule has 0 unspecified atom stereocenters. The van der Waals surface area contributed by atoms with Crippen molar-refractivity contribution in [3.05, 3.63) is 73.2 Å². The molecule has 4 nitrogen and oxygen atoms in total. The van der Waals surface area contributed by atoms with Crippen LogP contribution in [0.15, 0.2) is 46.8 Å². The van der Waals surface area contributed by atoms with E-state index in [1.54, 1.807) is 51.8 Å². The molecule has 0 saturated carbocycles. The highest BCUT2D eigenvalue weighted by molar-refractivity contribution is 7.17. The van der Waals surface area contributed by atoms with E-state index in [1.165, 1.54) is 10.4 Å². The van der Waals surface area contributed by atoms with Gasteiger partial charge in [-0.1, -0.05) is 17.7 Å². The fraction of sp³-hybridized carbons (Fsp3) is 0.261. The van der Waals surface area contributed by atoms with Gasteiger partial charge in [0.15, 0.2) is 5.78 Å². The minimum Gasteiger partial charge on any atom is -0.294 e. The van der Waals surface area contributed by atoms with Crippen LogP contribution in [0.25, 0.3) is 0 Å². The Hall–Kier alpha value is -2.28. The van der Waals surface area contributed by atoms with Crippen molar-refractivity contribution in [2.75, 3.05) is 18.0 Å². The molecule has 1 amide bonds. The SMILES string of the molecule is O=C(CN1C(=O)CN=C(c2cccs2)c2c1sc1c2CCCC1)c1ccc(Cl)cc1. The van der Waals surface area contributed by atoms with Crippen molar-refractivity contribution in [2.45, 2.75) is 25.7 Å². The van der Waals surface area contributed by atoms with Crippen LogP contribution >= 0.6 is 34.3 Å². The second kappa shape index (κ2) is 8.10. The number of aliphatic imine (C=N–C) groups is 1. The van der Waals surface area contributed by atoms with Crippen molar-refractivity contribution in [2.24, 2.45) is 4.99 Å². The van der Waals surface area contributed by atoms with Crippen molar-refractivity contribution >= 4 is 56.7 Å². The molecule has 1 aromatic carbocycles. The average Bonchev–Trinajstić information content (AvgIpc) is 3.39. The van der Waals surface area contributed by atoms with Gasteiger partial charge in [0, 0.05) is 21.0 Å². The lowest BCUT2D eigenvalue weighted by molar-refractivity contribution is -0.117. The van der Waals surface area contributed by atoms with Gasteiger partial charge in [0.05, 0.1) is 17.1 Å². The molecule has 0 saturated heterocycles. The molecule has 0 fully saturated rings. The van der Waals surface area contributed by atoms with Gasteiger partial charge in [0.25, 0.3) is 0 Å². The highest BCUT2D eigenvalue weighted by atomic mass is 35.5. The third kappa shape index (κ3) is 3.53. The number of hydrogen-bond acceptors (Lipinski definition) is 5. The molecule has 0 spiro atoms. The molecule has 3 heterocycles. The number of rotatable bonds is 4. The van der Waals surface area contributed by atoms with E-state index >= 15 is 0 Å². The number of hydrogen-bond donors (Lipinski definition) is 0. The van der Waals surface area contributed by atoms with Gasteiger partial charge in [0.2, 0.25) is 5.91 Å². The highest BCUT2D eigenvalue weighted by Crippen LogP contribution is 2.43. The molecule has 0 N–H and O–H groups in total. The van der Waals surface area contributed by atoms with E-state index in [4.69, 9.17) is 16.6 Å². The molecule has 0 bridgehead atoms. The second-order valence-corrected chi connectivity index (χ2v) is 9.91. The highest BCUT2D eigenvalue weighted by Gasteiger charge is 2.33. The average molecular weight is 455 g/mol. The first-order valence-corrected chi connectivity index (χ1v) is 12.0. The van der Waals surface area contributed by atoms with Gasteiger partial charge in [-0.2, -0.15) is 0 Å². The van der Waals surface area contributed by atoms with Crippen molar-refractivity contribution in [1.29, 1.82) is 0 Å². The van der Waals surface area contributed by atoms with Crippen LogP contribution in [0, 0.1) is 0 Å². The molecule has 3 aromatic rings. The fourth-order valence-corrected chi connectivity index (χ4v) is 6.33. The molecular weight excluding hydrogens is 436 g/mol. The maximum atomic E-state index is 13.1. The number of aryl methyl sites for hydroxylation is 1. The van der Waals surface area contributed by atoms with Gasteiger partial charge in [-0.25, -0.2) is 0 Å². The van der Waals surface area contributed by atoms with Gasteiger partial charge in [-0.05, 0) is 67.0 Å². The van der Waals surface area contributed by atoms with E-state index in [9.17, 15) is 9.59 Å². The van der Waals surface area contributed by atoms with Crippen LogP contribution in [0.5, 0.6) is 0 Å². The normalized spacial score (nSPS) is 16.0. The summed E-state index contributed by atoms with van der Waals surface area (Å²) in [6.07, 6.45) is 4.33. The van der Waals surface area contributed by atoms with E-state index < -0.39 is 0 Å². The minimum absolute atomic E-state index is 0.0140. The molecule has 0 atom stereocenters. The zero-order valence-corrected chi connectivity index (χ0v) is 18.6. The largest absolute Gasteiger partial charge is 0.294 e. The second-order valence-electron chi connectivity index (χ2n) is 7.44. The van der Waals surface area contributed by atoms with Crippen LogP contribution in [0.3, 0.4) is 0 Å². The van der Waals surface area contributed by atoms with Gasteiger partial charge in [-0.15, -0.1) is 22.7 Å². The molecule has 1 aliphatic carbocycles. The summed E-state index contributed by atoms with van der Waals surface area (Å²) in [5, 5.41) is 3.49. The number of carbonyl (C=O) groups excluding carboxylic acids is 2. The first-order valence-electron chi connectivity index (χ1n) is 9.94. The number of anilines is 1. The number of nitrogens with zero attached hydrogens (tertiary/aromatic N) is 2. The van der Waals surface area contributed by atoms with E-state index in [0.717, 1.165) is 46.8 Å². The summed E-state index contributed by atoms with van der Waals surface area (Å²) < 4.78 is 0. The molecule has 5 rings (SSSR count). The number of fused-ring (bicyclic) bond motifs is 3. The summed E-state index contributed by atoms with van der Waals surface area (Å²) >= 11 is 9.25. The topological polar surface area (TPSA) is 49.7 Å². The molecule has 1 aliphatic heterocycles. The number of amides is 1. The number of Topliss-reactive ketones (excluding diaryl/α,β-unsaturated/α-hetero) is 1. The Kier molecular flexibility index (Phi) is 5.31. The van der Waals surface area contributed by atoms with Gasteiger partial charge in [-0.3, -0.25) is 19.5 Å². The Balaban J connectivity index is 1.58. The third-order valence-electron chi connectivity index (χ3n) is 5.53. The van der Waals surface area contributed by atoms with Crippen LogP contribution in [0.1, 0.15) is 44.1 Å². The number of thiophene rings is 2. The fourth-order valence-electron chi connectivity index (χ4n) is 4.06. The first kappa shape index (κ1) is 19.7. The predicted molar refractivity (Wildman–Crippen MR) is 124 cm³/mol. The summed E-state index contributed by atoms with van der Waals surface area (Å²) in [6, 6.07) is 10.9. The molecule has 7 heteroatoms. The molecule has 0 radical (unpaired) electrons. The first-order chi connectivity index (χ1) is 14.6. The van der Waals surface area contributed by atoms with Crippen LogP contribution in [0.2, 0.25) is 5.02 Å². The quantitative estimate of drug-likeness (QED) is 0.495. The lowest BCUT2D eigenvalue weighted by Gasteiger charge is -2.20. The summed E-state index contributed by atoms with van der Waals surface area (Å²) in [4.78, 5) is 34.8. The number of benzene rings is 1. The monoisotopic (exact) mass is 454 g/mol. The van der Waals surface area contributed by atoms with Crippen molar-refractivity contribution < 1.29 is 9.59 Å². The third-order valence-corrected chi connectivity index (χ3v) is 7.97. The van der Waals surface area contributed by atoms with Crippen LogP contribution in [-0.4, -0.2) is 30.5 Å². The summed E-state index contributed by atoms with van der Waals surface area (Å²) in [5.41, 5.74) is 3.83. The van der Waals surface area contributed by atoms with Crippen LogP contribution in [0.4, 0.5) is 5.00 Å². The van der Waals surface area contributed by atoms with E-state index in [-0.39, 0.29) is 24.8 Å². The van der Waals surface area contributed by atoms with Crippen molar-refractivity contribution in [3.63, 3.8) is 0 Å². The number of halogens is 1. The van der Waals surface area contributed by atoms with E-state index in [0.29, 0.717) is 10.6 Å². The smallest absolute Gasteiger partial charge is 0.249 e. The Bertz CT molecular complexity index is 1150. The standard InChI is InChI=1S/C23H19ClN2O2S2/c24-15-9-7-14(8-10-15)17(27)13-26-20(28)12-25-22(19-6-3-11-29-19)21-16-4-1-2-5-18(16)30-23(21)26/h3,6-11H,1-2,4-5,12-13H2. The summed E-state index contributed by atoms with van der Waals surface area (Å²) in [6.45, 7) is 0.0669. The Labute approximate surface area is 187 Å². The van der Waals surface area contributed by atoms with Crippen LogP contribution in [-0.2, 0) is 17.6 Å². The maximum absolute atomic E-state index is 13.1. The lowest BCUT2D eigenvalue weighted by Crippen LogP contribution is -2.36. The van der Waals surface area contributed by atoms with Crippen LogP contribution < -0.4 is 4.90 Å². The van der Waals surface area contributed by atoms with E-state index in [1.807, 2.05) is 11.4 Å². The maximum Gasteiger partial charge on any atom is 0.249 e. The lowest BCUT2D eigenvalue weighted by atomic mass is 9.93. The number of carbonyl (C=O) groups is 2. The Morgan fingerprint density at radius 2 is 1.93 bits per heavy atom. The van der Waals surface area contributed by atoms with E-state index in [2.05, 4.69) is 6.07 Å². The van der Waals surface area contributed by atoms with Gasteiger partial charge >= 0.3 is 0 Å². The molecule has 152 valence electrons. The Morgan fingerprint density at radius 3 is 2.70 bits per heavy atom. The molecule has 2 aromatic heterocycles.